The Morgan fingerprint density at radius 2 is 1.83 bits per heavy atom. The fourth-order valence-corrected chi connectivity index (χ4v) is 2.78. The number of methoxy groups -OCH3 is 2. The molecule has 1 aromatic heterocycles. The SMILES string of the molecule is COc1cc(OC)c(F)c(COc2cnc(NC3C=C(C(=O)O)C=CC3)nc2)c1F. The van der Waals surface area contributed by atoms with Crippen LogP contribution in [0, 0.1) is 11.6 Å². The second-order valence-corrected chi connectivity index (χ2v) is 6.23. The Bertz CT molecular complexity index is 965. The molecule has 10 heteroatoms. The standard InChI is InChI=1S/C20H19F2N3O5/c1-28-15-7-16(29-2)18(22)14(17(15)21)10-30-13-8-23-20(24-9-13)25-12-5-3-4-11(6-12)19(26)27/h3-4,6-9,12H,5,10H2,1-2H3,(H,26,27)(H,23,24,25). The Kier molecular flexibility index (Phi) is 6.45. The lowest BCUT2D eigenvalue weighted by Crippen LogP contribution is -2.21. The molecule has 1 unspecified atom stereocenters. The molecule has 8 nitrogen and oxygen atoms in total. The molecule has 0 bridgehead atoms. The largest absolute Gasteiger partial charge is 0.494 e. The predicted molar refractivity (Wildman–Crippen MR) is 103 cm³/mol. The Hall–Kier alpha value is -3.69. The smallest absolute Gasteiger partial charge is 0.335 e. The summed E-state index contributed by atoms with van der Waals surface area (Å²) in [6.07, 6.45) is 8.09. The molecule has 158 valence electrons. The van der Waals surface area contributed by atoms with Gasteiger partial charge in [-0.25, -0.2) is 23.5 Å². The number of carboxylic acid groups (broad SMARTS) is 1. The highest BCUT2D eigenvalue weighted by molar-refractivity contribution is 5.90. The summed E-state index contributed by atoms with van der Waals surface area (Å²) in [5.74, 6) is -2.69. The van der Waals surface area contributed by atoms with E-state index in [1.807, 2.05) is 0 Å². The van der Waals surface area contributed by atoms with Crippen molar-refractivity contribution in [3.05, 3.63) is 59.5 Å². The van der Waals surface area contributed by atoms with Gasteiger partial charge in [-0.3, -0.25) is 0 Å². The van der Waals surface area contributed by atoms with E-state index in [2.05, 4.69) is 15.3 Å². The first-order valence-electron chi connectivity index (χ1n) is 8.84. The third kappa shape index (κ3) is 4.65. The van der Waals surface area contributed by atoms with Crippen LogP contribution in [0.25, 0.3) is 0 Å². The zero-order valence-electron chi connectivity index (χ0n) is 16.2. The molecule has 1 atom stereocenters. The molecule has 2 N–H and O–H groups in total. The minimum atomic E-state index is -1.02. The number of aliphatic carboxylic acids is 1. The molecule has 0 aliphatic heterocycles. The van der Waals surface area contributed by atoms with E-state index in [9.17, 15) is 13.6 Å². The Labute approximate surface area is 170 Å². The van der Waals surface area contributed by atoms with Crippen molar-refractivity contribution in [1.29, 1.82) is 0 Å². The number of nitrogens with one attached hydrogen (secondary N) is 1. The molecular formula is C20H19F2N3O5. The molecule has 1 aliphatic carbocycles. The highest BCUT2D eigenvalue weighted by Gasteiger charge is 2.21. The van der Waals surface area contributed by atoms with Gasteiger partial charge in [-0.1, -0.05) is 12.2 Å². The molecule has 1 aromatic carbocycles. The van der Waals surface area contributed by atoms with E-state index in [0.29, 0.717) is 6.42 Å². The summed E-state index contributed by atoms with van der Waals surface area (Å²) in [6.45, 7) is -0.431. The fraction of sp³-hybridized carbons (Fsp3) is 0.250. The molecule has 0 fully saturated rings. The van der Waals surface area contributed by atoms with Crippen LogP contribution in [-0.4, -0.2) is 41.3 Å². The topological polar surface area (TPSA) is 103 Å². The van der Waals surface area contributed by atoms with Crippen LogP contribution in [0.3, 0.4) is 0 Å². The van der Waals surface area contributed by atoms with E-state index < -0.39 is 24.2 Å². The molecule has 0 amide bonds. The van der Waals surface area contributed by atoms with Crippen molar-refractivity contribution >= 4 is 11.9 Å². The van der Waals surface area contributed by atoms with E-state index in [1.54, 1.807) is 12.2 Å². The third-order valence-electron chi connectivity index (χ3n) is 4.31. The van der Waals surface area contributed by atoms with Crippen molar-refractivity contribution in [2.45, 2.75) is 19.1 Å². The van der Waals surface area contributed by atoms with E-state index in [-0.39, 0.29) is 40.4 Å². The summed E-state index contributed by atoms with van der Waals surface area (Å²) in [6, 6.07) is 0.836. The number of carbonyl (C=O) groups is 1. The summed E-state index contributed by atoms with van der Waals surface area (Å²) in [5.41, 5.74) is -0.176. The number of nitrogens with zero attached hydrogens (tertiary/aromatic N) is 2. The van der Waals surface area contributed by atoms with Gasteiger partial charge in [-0.05, 0) is 12.5 Å². The Morgan fingerprint density at radius 3 is 2.40 bits per heavy atom. The van der Waals surface area contributed by atoms with Crippen molar-refractivity contribution in [3.63, 3.8) is 0 Å². The molecule has 3 rings (SSSR count). The average Bonchev–Trinajstić information content (AvgIpc) is 2.75. The summed E-state index contributed by atoms with van der Waals surface area (Å²) >= 11 is 0. The van der Waals surface area contributed by atoms with Crippen LogP contribution < -0.4 is 19.5 Å². The van der Waals surface area contributed by atoms with Gasteiger partial charge in [0.15, 0.2) is 28.9 Å². The molecule has 1 heterocycles. The van der Waals surface area contributed by atoms with Crippen molar-refractivity contribution < 1.29 is 32.9 Å². The van der Waals surface area contributed by atoms with Crippen LogP contribution in [0.2, 0.25) is 0 Å². The van der Waals surface area contributed by atoms with E-state index in [0.717, 1.165) is 6.07 Å². The normalized spacial score (nSPS) is 15.3. The monoisotopic (exact) mass is 419 g/mol. The molecule has 1 aliphatic rings. The van der Waals surface area contributed by atoms with Crippen LogP contribution in [0.5, 0.6) is 17.2 Å². The number of rotatable bonds is 8. The van der Waals surface area contributed by atoms with Crippen LogP contribution in [0.15, 0.2) is 42.3 Å². The molecule has 0 spiro atoms. The average molecular weight is 419 g/mol. The number of ether oxygens (including phenoxy) is 3. The first-order valence-corrected chi connectivity index (χ1v) is 8.84. The summed E-state index contributed by atoms with van der Waals surface area (Å²) in [7, 11) is 2.52. The zero-order valence-corrected chi connectivity index (χ0v) is 16.2. The number of carboxylic acids is 1. The maximum Gasteiger partial charge on any atom is 0.335 e. The number of aromatic nitrogens is 2. The highest BCUT2D eigenvalue weighted by Crippen LogP contribution is 2.32. The van der Waals surface area contributed by atoms with Gasteiger partial charge in [0.2, 0.25) is 5.95 Å². The first kappa shape index (κ1) is 21.0. The lowest BCUT2D eigenvalue weighted by molar-refractivity contribution is -0.132. The van der Waals surface area contributed by atoms with Gasteiger partial charge in [0.25, 0.3) is 0 Å². The minimum absolute atomic E-state index is 0.169. The summed E-state index contributed by atoms with van der Waals surface area (Å²) < 4.78 is 43.9. The van der Waals surface area contributed by atoms with E-state index in [1.165, 1.54) is 32.7 Å². The van der Waals surface area contributed by atoms with Crippen molar-refractivity contribution in [3.8, 4) is 17.2 Å². The second kappa shape index (κ2) is 9.21. The number of hydrogen-bond donors (Lipinski definition) is 2. The molecule has 0 radical (unpaired) electrons. The molecule has 30 heavy (non-hydrogen) atoms. The van der Waals surface area contributed by atoms with Gasteiger partial charge in [-0.15, -0.1) is 0 Å². The van der Waals surface area contributed by atoms with E-state index >= 15 is 0 Å². The first-order chi connectivity index (χ1) is 14.4. The van der Waals surface area contributed by atoms with Gasteiger partial charge in [-0.2, -0.15) is 0 Å². The summed E-state index contributed by atoms with van der Waals surface area (Å²) in [5, 5.41) is 12.0. The van der Waals surface area contributed by atoms with Crippen molar-refractivity contribution in [2.75, 3.05) is 19.5 Å². The molecular weight excluding hydrogens is 400 g/mol. The third-order valence-corrected chi connectivity index (χ3v) is 4.31. The lowest BCUT2D eigenvalue weighted by atomic mass is 10.0. The molecule has 0 saturated heterocycles. The van der Waals surface area contributed by atoms with Crippen LogP contribution in [0.1, 0.15) is 12.0 Å². The van der Waals surface area contributed by atoms with Gasteiger partial charge < -0.3 is 24.6 Å². The number of anilines is 1. The van der Waals surface area contributed by atoms with Gasteiger partial charge in [0.05, 0.1) is 43.8 Å². The maximum absolute atomic E-state index is 14.4. The number of benzene rings is 1. The second-order valence-electron chi connectivity index (χ2n) is 6.23. The van der Waals surface area contributed by atoms with E-state index in [4.69, 9.17) is 19.3 Å². The lowest BCUT2D eigenvalue weighted by Gasteiger charge is -2.17. The molecule has 2 aromatic rings. The fourth-order valence-electron chi connectivity index (χ4n) is 2.78. The van der Waals surface area contributed by atoms with Gasteiger partial charge in [0, 0.05) is 6.07 Å². The summed E-state index contributed by atoms with van der Waals surface area (Å²) in [4.78, 5) is 19.2. The van der Waals surface area contributed by atoms with Gasteiger partial charge >= 0.3 is 5.97 Å². The Balaban J connectivity index is 1.67. The minimum Gasteiger partial charge on any atom is -0.494 e. The van der Waals surface area contributed by atoms with Crippen LogP contribution in [-0.2, 0) is 11.4 Å². The highest BCUT2D eigenvalue weighted by atomic mass is 19.1. The zero-order chi connectivity index (χ0) is 21.7. The van der Waals surface area contributed by atoms with Crippen LogP contribution >= 0.6 is 0 Å². The molecule has 0 saturated carbocycles. The number of hydrogen-bond acceptors (Lipinski definition) is 7. The number of halogens is 2. The quantitative estimate of drug-likeness (QED) is 0.673. The van der Waals surface area contributed by atoms with Crippen molar-refractivity contribution in [1.82, 2.24) is 9.97 Å². The van der Waals surface area contributed by atoms with Crippen LogP contribution in [0.4, 0.5) is 14.7 Å². The van der Waals surface area contributed by atoms with Gasteiger partial charge in [0.1, 0.15) is 6.61 Å². The Morgan fingerprint density at radius 1 is 1.20 bits per heavy atom. The van der Waals surface area contributed by atoms with Crippen molar-refractivity contribution in [2.24, 2.45) is 0 Å². The maximum atomic E-state index is 14.4. The predicted octanol–water partition coefficient (Wildman–Crippen LogP) is 3.10.